The van der Waals surface area contributed by atoms with E-state index in [-0.39, 0.29) is 6.04 Å². The van der Waals surface area contributed by atoms with E-state index >= 15 is 0 Å². The quantitative estimate of drug-likeness (QED) is 0.301. The minimum Gasteiger partial charge on any atom is -0.341 e. The fourth-order valence-corrected chi connectivity index (χ4v) is 1.37. The molecule has 0 aromatic heterocycles. The van der Waals surface area contributed by atoms with E-state index in [1.807, 2.05) is 13.8 Å². The first kappa shape index (κ1) is 15.2. The molecule has 0 rings (SSSR count). The van der Waals surface area contributed by atoms with E-state index in [1.165, 1.54) is 0 Å². The molecule has 0 radical (unpaired) electrons. The SMILES string of the molecule is CCCN(CCN(C)C)C(=NC(C)C)NN. The number of rotatable bonds is 6. The van der Waals surface area contributed by atoms with Crippen LogP contribution in [0.3, 0.4) is 0 Å². The second-order valence-electron chi connectivity index (χ2n) is 4.48. The van der Waals surface area contributed by atoms with Gasteiger partial charge in [0.15, 0.2) is 0 Å². The number of aliphatic imine (C=N–C) groups is 1. The summed E-state index contributed by atoms with van der Waals surface area (Å²) in [6.45, 7) is 9.17. The third kappa shape index (κ3) is 6.63. The Balaban J connectivity index is 4.46. The molecular weight excluding hydrogens is 202 g/mol. The van der Waals surface area contributed by atoms with Crippen LogP contribution in [0.1, 0.15) is 27.2 Å². The maximum Gasteiger partial charge on any atom is 0.208 e. The first-order chi connectivity index (χ1) is 7.51. The summed E-state index contributed by atoms with van der Waals surface area (Å²) in [5.41, 5.74) is 2.70. The lowest BCUT2D eigenvalue weighted by Crippen LogP contribution is -2.47. The van der Waals surface area contributed by atoms with Gasteiger partial charge in [0.25, 0.3) is 0 Å². The van der Waals surface area contributed by atoms with Crippen molar-refractivity contribution in [3.63, 3.8) is 0 Å². The molecule has 0 saturated carbocycles. The first-order valence-electron chi connectivity index (χ1n) is 5.95. The Bertz CT molecular complexity index is 201. The van der Waals surface area contributed by atoms with Crippen molar-refractivity contribution in [1.29, 1.82) is 0 Å². The molecule has 0 unspecified atom stereocenters. The van der Waals surface area contributed by atoms with Gasteiger partial charge in [-0.3, -0.25) is 5.43 Å². The number of guanidine groups is 1. The van der Waals surface area contributed by atoms with Crippen LogP contribution in [0.25, 0.3) is 0 Å². The van der Waals surface area contributed by atoms with Crippen LogP contribution in [0.2, 0.25) is 0 Å². The van der Waals surface area contributed by atoms with E-state index in [1.54, 1.807) is 0 Å². The zero-order chi connectivity index (χ0) is 12.6. The predicted octanol–water partition coefficient (Wildman–Crippen LogP) is 0.488. The number of hydrogen-bond donors (Lipinski definition) is 2. The largest absolute Gasteiger partial charge is 0.341 e. The molecule has 0 fully saturated rings. The van der Waals surface area contributed by atoms with E-state index in [9.17, 15) is 0 Å². The number of nitrogens with zero attached hydrogens (tertiary/aromatic N) is 3. The maximum atomic E-state index is 5.52. The summed E-state index contributed by atoms with van der Waals surface area (Å²) in [6.07, 6.45) is 1.09. The smallest absolute Gasteiger partial charge is 0.208 e. The molecule has 0 aliphatic carbocycles. The van der Waals surface area contributed by atoms with E-state index < -0.39 is 0 Å². The van der Waals surface area contributed by atoms with Crippen molar-refractivity contribution >= 4 is 5.96 Å². The van der Waals surface area contributed by atoms with Gasteiger partial charge >= 0.3 is 0 Å². The van der Waals surface area contributed by atoms with Gasteiger partial charge in [-0.15, -0.1) is 0 Å². The van der Waals surface area contributed by atoms with E-state index in [0.717, 1.165) is 32.0 Å². The predicted molar refractivity (Wildman–Crippen MR) is 70.3 cm³/mol. The molecule has 0 aromatic carbocycles. The average molecular weight is 229 g/mol. The van der Waals surface area contributed by atoms with Crippen LogP contribution in [-0.4, -0.2) is 55.5 Å². The summed E-state index contributed by atoms with van der Waals surface area (Å²) in [6, 6.07) is 0.254. The topological polar surface area (TPSA) is 56.9 Å². The number of likely N-dealkylation sites (N-methyl/N-ethyl adjacent to an activating group) is 1. The summed E-state index contributed by atoms with van der Waals surface area (Å²) >= 11 is 0. The van der Waals surface area contributed by atoms with Gasteiger partial charge in [0.1, 0.15) is 0 Å². The van der Waals surface area contributed by atoms with Crippen LogP contribution in [0.15, 0.2) is 4.99 Å². The standard InChI is InChI=1S/C11H27N5/c1-6-7-16(9-8-15(4)5)11(14-12)13-10(2)3/h10H,6-9,12H2,1-5H3,(H,13,14). The number of nitrogens with two attached hydrogens (primary N) is 1. The summed E-state index contributed by atoms with van der Waals surface area (Å²) in [5.74, 6) is 6.31. The van der Waals surface area contributed by atoms with Crippen LogP contribution >= 0.6 is 0 Å². The van der Waals surface area contributed by atoms with Crippen molar-refractivity contribution in [1.82, 2.24) is 15.2 Å². The molecule has 96 valence electrons. The summed E-state index contributed by atoms with van der Waals surface area (Å²) in [4.78, 5) is 8.83. The Morgan fingerprint density at radius 1 is 1.25 bits per heavy atom. The number of nitrogens with one attached hydrogen (secondary N) is 1. The fourth-order valence-electron chi connectivity index (χ4n) is 1.37. The molecule has 0 aliphatic rings. The molecule has 0 bridgehead atoms. The Hall–Kier alpha value is -0.810. The molecule has 16 heavy (non-hydrogen) atoms. The maximum absolute atomic E-state index is 5.52. The number of hydrogen-bond acceptors (Lipinski definition) is 3. The van der Waals surface area contributed by atoms with Crippen molar-refractivity contribution in [2.45, 2.75) is 33.2 Å². The molecule has 5 nitrogen and oxygen atoms in total. The normalized spacial score (nSPS) is 12.4. The van der Waals surface area contributed by atoms with Gasteiger partial charge < -0.3 is 9.80 Å². The van der Waals surface area contributed by atoms with Crippen molar-refractivity contribution < 1.29 is 0 Å². The molecule has 0 amide bonds. The highest BCUT2D eigenvalue weighted by Crippen LogP contribution is 1.96. The van der Waals surface area contributed by atoms with Gasteiger partial charge in [0.05, 0.1) is 0 Å². The molecule has 0 aliphatic heterocycles. The third-order valence-electron chi connectivity index (χ3n) is 2.12. The zero-order valence-corrected chi connectivity index (χ0v) is 11.3. The average Bonchev–Trinajstić information content (AvgIpc) is 2.20. The molecule has 3 N–H and O–H groups in total. The number of hydrazine groups is 1. The molecule has 0 heterocycles. The second kappa shape index (κ2) is 8.35. The van der Waals surface area contributed by atoms with Gasteiger partial charge in [0, 0.05) is 25.7 Å². The Labute approximate surface area is 99.7 Å². The summed E-state index contributed by atoms with van der Waals surface area (Å²) < 4.78 is 0. The Morgan fingerprint density at radius 3 is 2.25 bits per heavy atom. The first-order valence-corrected chi connectivity index (χ1v) is 5.95. The van der Waals surface area contributed by atoms with Crippen molar-refractivity contribution in [3.8, 4) is 0 Å². The minimum atomic E-state index is 0.254. The van der Waals surface area contributed by atoms with E-state index in [4.69, 9.17) is 5.84 Å². The van der Waals surface area contributed by atoms with Gasteiger partial charge in [-0.1, -0.05) is 6.92 Å². The monoisotopic (exact) mass is 229 g/mol. The van der Waals surface area contributed by atoms with E-state index in [0.29, 0.717) is 0 Å². The van der Waals surface area contributed by atoms with Crippen LogP contribution in [0.5, 0.6) is 0 Å². The van der Waals surface area contributed by atoms with Crippen molar-refractivity contribution in [3.05, 3.63) is 0 Å². The van der Waals surface area contributed by atoms with E-state index in [2.05, 4.69) is 41.2 Å². The van der Waals surface area contributed by atoms with Crippen LogP contribution in [-0.2, 0) is 0 Å². The second-order valence-corrected chi connectivity index (χ2v) is 4.48. The zero-order valence-electron chi connectivity index (χ0n) is 11.3. The molecule has 0 spiro atoms. The molecular formula is C11H27N5. The highest BCUT2D eigenvalue weighted by atomic mass is 15.4. The molecule has 5 heteroatoms. The Morgan fingerprint density at radius 2 is 1.88 bits per heavy atom. The highest BCUT2D eigenvalue weighted by Gasteiger charge is 2.09. The molecule has 0 aromatic rings. The minimum absolute atomic E-state index is 0.254. The fraction of sp³-hybridized carbons (Fsp3) is 0.909. The molecule has 0 atom stereocenters. The third-order valence-corrected chi connectivity index (χ3v) is 2.12. The van der Waals surface area contributed by atoms with Crippen molar-refractivity contribution in [2.75, 3.05) is 33.7 Å². The lowest BCUT2D eigenvalue weighted by molar-refractivity contribution is 0.322. The van der Waals surface area contributed by atoms with Gasteiger partial charge in [-0.25, -0.2) is 10.8 Å². The van der Waals surface area contributed by atoms with Crippen LogP contribution in [0, 0.1) is 0 Å². The van der Waals surface area contributed by atoms with Gasteiger partial charge in [-0.2, -0.15) is 0 Å². The molecule has 0 saturated heterocycles. The summed E-state index contributed by atoms with van der Waals surface area (Å²) in [7, 11) is 4.14. The highest BCUT2D eigenvalue weighted by molar-refractivity contribution is 5.79. The lowest BCUT2D eigenvalue weighted by Gasteiger charge is -2.27. The van der Waals surface area contributed by atoms with Gasteiger partial charge in [-0.05, 0) is 34.4 Å². The van der Waals surface area contributed by atoms with Gasteiger partial charge in [0.2, 0.25) is 5.96 Å². The summed E-state index contributed by atoms with van der Waals surface area (Å²) in [5, 5.41) is 0. The lowest BCUT2D eigenvalue weighted by atomic mass is 10.4. The van der Waals surface area contributed by atoms with Crippen LogP contribution < -0.4 is 11.3 Å². The van der Waals surface area contributed by atoms with Crippen molar-refractivity contribution in [2.24, 2.45) is 10.8 Å². The van der Waals surface area contributed by atoms with Crippen LogP contribution in [0.4, 0.5) is 0 Å². The Kier molecular flexibility index (Phi) is 7.93.